The fourth-order valence-electron chi connectivity index (χ4n) is 1.62. The SMILES string of the molecule is Nc1cccc(NC(=O)c2cc([N+](=O)[O-])ccc2Br)c1. The molecule has 0 spiro atoms. The molecule has 2 aromatic carbocycles. The first-order valence-corrected chi connectivity index (χ1v) is 6.37. The normalized spacial score (nSPS) is 10.1. The lowest BCUT2D eigenvalue weighted by molar-refractivity contribution is -0.384. The van der Waals surface area contributed by atoms with E-state index in [1.807, 2.05) is 0 Å². The van der Waals surface area contributed by atoms with Gasteiger partial charge in [0.25, 0.3) is 11.6 Å². The quantitative estimate of drug-likeness (QED) is 0.511. The fraction of sp³-hybridized carbons (Fsp3) is 0. The van der Waals surface area contributed by atoms with E-state index in [2.05, 4.69) is 21.2 Å². The topological polar surface area (TPSA) is 98.3 Å². The molecule has 0 unspecified atom stereocenters. The molecule has 0 bridgehead atoms. The molecule has 102 valence electrons. The number of carbonyl (C=O) groups is 1. The number of rotatable bonds is 3. The molecule has 0 aliphatic heterocycles. The maximum Gasteiger partial charge on any atom is 0.270 e. The van der Waals surface area contributed by atoms with Gasteiger partial charge in [-0.25, -0.2) is 0 Å². The van der Waals surface area contributed by atoms with Crippen LogP contribution in [0, 0.1) is 10.1 Å². The summed E-state index contributed by atoms with van der Waals surface area (Å²) in [6.45, 7) is 0. The Hall–Kier alpha value is -2.41. The summed E-state index contributed by atoms with van der Waals surface area (Å²) in [5.41, 5.74) is 6.69. The number of amides is 1. The summed E-state index contributed by atoms with van der Waals surface area (Å²) >= 11 is 3.20. The van der Waals surface area contributed by atoms with E-state index in [1.54, 1.807) is 24.3 Å². The van der Waals surface area contributed by atoms with Gasteiger partial charge in [-0.2, -0.15) is 0 Å². The van der Waals surface area contributed by atoms with Gasteiger partial charge in [-0.1, -0.05) is 6.07 Å². The highest BCUT2D eigenvalue weighted by Gasteiger charge is 2.15. The number of nitro groups is 1. The highest BCUT2D eigenvalue weighted by molar-refractivity contribution is 9.10. The molecule has 2 rings (SSSR count). The number of nitrogens with zero attached hydrogens (tertiary/aromatic N) is 1. The van der Waals surface area contributed by atoms with E-state index in [4.69, 9.17) is 5.73 Å². The molecule has 0 aliphatic carbocycles. The predicted octanol–water partition coefficient (Wildman–Crippen LogP) is 3.19. The van der Waals surface area contributed by atoms with Gasteiger partial charge in [0.1, 0.15) is 0 Å². The second kappa shape index (κ2) is 5.70. The fourth-order valence-corrected chi connectivity index (χ4v) is 2.04. The molecule has 0 saturated heterocycles. The molecule has 20 heavy (non-hydrogen) atoms. The van der Waals surface area contributed by atoms with Gasteiger partial charge in [0.05, 0.1) is 10.5 Å². The number of nitrogens with one attached hydrogen (secondary N) is 1. The second-order valence-electron chi connectivity index (χ2n) is 4.00. The van der Waals surface area contributed by atoms with Crippen molar-refractivity contribution in [3.05, 3.63) is 62.6 Å². The summed E-state index contributed by atoms with van der Waals surface area (Å²) in [5.74, 6) is -0.453. The van der Waals surface area contributed by atoms with Crippen LogP contribution in [-0.2, 0) is 0 Å². The number of non-ortho nitro benzene ring substituents is 1. The molecule has 7 heteroatoms. The van der Waals surface area contributed by atoms with Gasteiger partial charge in [-0.3, -0.25) is 14.9 Å². The number of nitro benzene ring substituents is 1. The monoisotopic (exact) mass is 335 g/mol. The number of carbonyl (C=O) groups excluding carboxylic acids is 1. The zero-order valence-electron chi connectivity index (χ0n) is 10.2. The summed E-state index contributed by atoms with van der Waals surface area (Å²) in [6, 6.07) is 10.7. The Bertz CT molecular complexity index is 688. The lowest BCUT2D eigenvalue weighted by atomic mass is 10.2. The standard InChI is InChI=1S/C13H10BrN3O3/c14-12-5-4-10(17(19)20)7-11(12)13(18)16-9-3-1-2-8(15)6-9/h1-7H,15H2,(H,16,18). The third-order valence-corrected chi connectivity index (χ3v) is 3.24. The molecule has 0 saturated carbocycles. The molecule has 0 radical (unpaired) electrons. The van der Waals surface area contributed by atoms with Gasteiger partial charge in [-0.15, -0.1) is 0 Å². The van der Waals surface area contributed by atoms with Crippen molar-refractivity contribution < 1.29 is 9.72 Å². The van der Waals surface area contributed by atoms with Crippen LogP contribution in [0.4, 0.5) is 17.1 Å². The van der Waals surface area contributed by atoms with E-state index in [1.165, 1.54) is 18.2 Å². The largest absolute Gasteiger partial charge is 0.399 e. The molecule has 3 N–H and O–H groups in total. The minimum absolute atomic E-state index is 0.147. The number of benzene rings is 2. The first-order chi connectivity index (χ1) is 9.47. The molecular formula is C13H10BrN3O3. The lowest BCUT2D eigenvalue weighted by Crippen LogP contribution is -2.13. The summed E-state index contributed by atoms with van der Waals surface area (Å²) in [5, 5.41) is 13.4. The van der Waals surface area contributed by atoms with E-state index in [0.717, 1.165) is 0 Å². The highest BCUT2D eigenvalue weighted by atomic mass is 79.9. The molecule has 0 heterocycles. The summed E-state index contributed by atoms with van der Waals surface area (Å²) in [6.07, 6.45) is 0. The molecule has 2 aromatic rings. The number of anilines is 2. The van der Waals surface area contributed by atoms with Crippen LogP contribution in [0.5, 0.6) is 0 Å². The molecule has 0 fully saturated rings. The molecule has 0 atom stereocenters. The number of nitrogen functional groups attached to an aromatic ring is 1. The minimum atomic E-state index is -0.552. The Morgan fingerprint density at radius 1 is 1.25 bits per heavy atom. The van der Waals surface area contributed by atoms with E-state index in [-0.39, 0.29) is 11.3 Å². The Balaban J connectivity index is 2.29. The van der Waals surface area contributed by atoms with Crippen LogP contribution in [-0.4, -0.2) is 10.8 Å². The van der Waals surface area contributed by atoms with Crippen LogP contribution < -0.4 is 11.1 Å². The van der Waals surface area contributed by atoms with Crippen molar-refractivity contribution in [3.63, 3.8) is 0 Å². The molecular weight excluding hydrogens is 326 g/mol. The van der Waals surface area contributed by atoms with Gasteiger partial charge in [0.15, 0.2) is 0 Å². The van der Waals surface area contributed by atoms with Crippen LogP contribution in [0.15, 0.2) is 46.9 Å². The average Bonchev–Trinajstić information content (AvgIpc) is 2.38. The predicted molar refractivity (Wildman–Crippen MR) is 79.6 cm³/mol. The summed E-state index contributed by atoms with van der Waals surface area (Å²) in [7, 11) is 0. The first kappa shape index (κ1) is 14.0. The maximum atomic E-state index is 12.1. The van der Waals surface area contributed by atoms with Gasteiger partial charge < -0.3 is 11.1 Å². The lowest BCUT2D eigenvalue weighted by Gasteiger charge is -2.07. The van der Waals surface area contributed by atoms with Crippen molar-refractivity contribution in [3.8, 4) is 0 Å². The van der Waals surface area contributed by atoms with E-state index < -0.39 is 10.8 Å². The molecule has 0 aromatic heterocycles. The molecule has 0 aliphatic rings. The third-order valence-electron chi connectivity index (χ3n) is 2.55. The minimum Gasteiger partial charge on any atom is -0.399 e. The molecule has 6 nitrogen and oxygen atoms in total. The third kappa shape index (κ3) is 3.12. The number of hydrogen-bond acceptors (Lipinski definition) is 4. The Kier molecular flexibility index (Phi) is 3.99. The Morgan fingerprint density at radius 3 is 2.65 bits per heavy atom. The first-order valence-electron chi connectivity index (χ1n) is 5.58. The van der Waals surface area contributed by atoms with Crippen molar-refractivity contribution >= 4 is 38.9 Å². The zero-order chi connectivity index (χ0) is 14.7. The maximum absolute atomic E-state index is 12.1. The summed E-state index contributed by atoms with van der Waals surface area (Å²) < 4.78 is 0.476. The van der Waals surface area contributed by atoms with Crippen molar-refractivity contribution in [2.24, 2.45) is 0 Å². The van der Waals surface area contributed by atoms with E-state index in [9.17, 15) is 14.9 Å². The number of hydrogen-bond donors (Lipinski definition) is 2. The van der Waals surface area contributed by atoms with Crippen molar-refractivity contribution in [2.75, 3.05) is 11.1 Å². The summed E-state index contributed by atoms with van der Waals surface area (Å²) in [4.78, 5) is 22.3. The molecule has 1 amide bonds. The van der Waals surface area contributed by atoms with Crippen LogP contribution in [0.2, 0.25) is 0 Å². The van der Waals surface area contributed by atoms with Crippen LogP contribution in [0.25, 0.3) is 0 Å². The van der Waals surface area contributed by atoms with Crippen LogP contribution in [0.3, 0.4) is 0 Å². The average molecular weight is 336 g/mol. The van der Waals surface area contributed by atoms with E-state index in [0.29, 0.717) is 15.8 Å². The number of halogens is 1. The van der Waals surface area contributed by atoms with Crippen LogP contribution >= 0.6 is 15.9 Å². The van der Waals surface area contributed by atoms with Gasteiger partial charge in [0, 0.05) is 28.0 Å². The van der Waals surface area contributed by atoms with Crippen molar-refractivity contribution in [2.45, 2.75) is 0 Å². The zero-order valence-corrected chi connectivity index (χ0v) is 11.8. The van der Waals surface area contributed by atoms with Crippen molar-refractivity contribution in [1.29, 1.82) is 0 Å². The highest BCUT2D eigenvalue weighted by Crippen LogP contribution is 2.24. The van der Waals surface area contributed by atoms with Crippen LogP contribution in [0.1, 0.15) is 10.4 Å². The van der Waals surface area contributed by atoms with Crippen molar-refractivity contribution in [1.82, 2.24) is 0 Å². The Morgan fingerprint density at radius 2 is 2.00 bits per heavy atom. The van der Waals surface area contributed by atoms with Gasteiger partial charge >= 0.3 is 0 Å². The number of nitrogens with two attached hydrogens (primary N) is 1. The van der Waals surface area contributed by atoms with Gasteiger partial charge in [-0.05, 0) is 40.2 Å². The smallest absolute Gasteiger partial charge is 0.270 e. The second-order valence-corrected chi connectivity index (χ2v) is 4.86. The van der Waals surface area contributed by atoms with Gasteiger partial charge in [0.2, 0.25) is 0 Å². The van der Waals surface area contributed by atoms with E-state index >= 15 is 0 Å². The Labute approximate surface area is 122 Å².